The highest BCUT2D eigenvalue weighted by molar-refractivity contribution is 7.09. The molecule has 4 heteroatoms. The molecular formula is C10H13N3S. The molecule has 2 heterocycles. The SMILES string of the molecule is c1csc(CNCCc2ncc[nH]2)c1. The van der Waals surface area contributed by atoms with Crippen molar-refractivity contribution in [2.24, 2.45) is 0 Å². The van der Waals surface area contributed by atoms with Crippen molar-refractivity contribution in [2.45, 2.75) is 13.0 Å². The van der Waals surface area contributed by atoms with Crippen molar-refractivity contribution < 1.29 is 0 Å². The van der Waals surface area contributed by atoms with Gasteiger partial charge in [-0.2, -0.15) is 0 Å². The van der Waals surface area contributed by atoms with E-state index in [2.05, 4.69) is 32.8 Å². The van der Waals surface area contributed by atoms with Gasteiger partial charge in [0.1, 0.15) is 5.82 Å². The van der Waals surface area contributed by atoms with Gasteiger partial charge in [-0.3, -0.25) is 0 Å². The van der Waals surface area contributed by atoms with Crippen LogP contribution in [0, 0.1) is 0 Å². The Kier molecular flexibility index (Phi) is 3.32. The van der Waals surface area contributed by atoms with Crippen LogP contribution in [0.5, 0.6) is 0 Å². The van der Waals surface area contributed by atoms with Crippen LogP contribution in [0.25, 0.3) is 0 Å². The monoisotopic (exact) mass is 207 g/mol. The Balaban J connectivity index is 1.65. The van der Waals surface area contributed by atoms with Gasteiger partial charge < -0.3 is 10.3 Å². The van der Waals surface area contributed by atoms with Gasteiger partial charge in [-0.15, -0.1) is 11.3 Å². The first-order chi connectivity index (χ1) is 6.95. The number of nitrogens with one attached hydrogen (secondary N) is 2. The van der Waals surface area contributed by atoms with Crippen LogP contribution in [0.3, 0.4) is 0 Å². The Labute approximate surface area is 87.2 Å². The molecule has 3 nitrogen and oxygen atoms in total. The molecule has 2 N–H and O–H groups in total. The molecule has 0 aromatic carbocycles. The molecule has 0 spiro atoms. The number of aromatic nitrogens is 2. The molecule has 74 valence electrons. The first-order valence-electron chi connectivity index (χ1n) is 4.66. The van der Waals surface area contributed by atoms with Crippen molar-refractivity contribution in [1.29, 1.82) is 0 Å². The summed E-state index contributed by atoms with van der Waals surface area (Å²) in [6.07, 6.45) is 4.60. The molecular weight excluding hydrogens is 194 g/mol. The minimum atomic E-state index is 0.957. The van der Waals surface area contributed by atoms with Crippen LogP contribution in [0.4, 0.5) is 0 Å². The molecule has 0 aliphatic rings. The van der Waals surface area contributed by atoms with Gasteiger partial charge in [0.15, 0.2) is 0 Å². The Morgan fingerprint density at radius 3 is 3.21 bits per heavy atom. The predicted octanol–water partition coefficient (Wildman–Crippen LogP) is 1.80. The summed E-state index contributed by atoms with van der Waals surface area (Å²) < 4.78 is 0. The number of rotatable bonds is 5. The van der Waals surface area contributed by atoms with Crippen molar-refractivity contribution in [3.8, 4) is 0 Å². The maximum Gasteiger partial charge on any atom is 0.107 e. The lowest BCUT2D eigenvalue weighted by Crippen LogP contribution is -2.16. The van der Waals surface area contributed by atoms with Gasteiger partial charge >= 0.3 is 0 Å². The fourth-order valence-corrected chi connectivity index (χ4v) is 1.94. The third kappa shape index (κ3) is 2.68. The predicted molar refractivity (Wildman–Crippen MR) is 58.3 cm³/mol. The first-order valence-corrected chi connectivity index (χ1v) is 5.54. The summed E-state index contributed by atoms with van der Waals surface area (Å²) in [4.78, 5) is 8.62. The van der Waals surface area contributed by atoms with Crippen molar-refractivity contribution in [3.63, 3.8) is 0 Å². The van der Waals surface area contributed by atoms with Crippen LogP contribution in [-0.4, -0.2) is 16.5 Å². The summed E-state index contributed by atoms with van der Waals surface area (Å²) in [7, 11) is 0. The number of hydrogen-bond donors (Lipinski definition) is 2. The van der Waals surface area contributed by atoms with Gasteiger partial charge in [0.2, 0.25) is 0 Å². The van der Waals surface area contributed by atoms with E-state index in [0.29, 0.717) is 0 Å². The summed E-state index contributed by atoms with van der Waals surface area (Å²) in [5.74, 6) is 1.05. The largest absolute Gasteiger partial charge is 0.349 e. The topological polar surface area (TPSA) is 40.7 Å². The van der Waals surface area contributed by atoms with Crippen LogP contribution >= 0.6 is 11.3 Å². The van der Waals surface area contributed by atoms with Gasteiger partial charge in [0, 0.05) is 36.8 Å². The van der Waals surface area contributed by atoms with E-state index < -0.39 is 0 Å². The maximum absolute atomic E-state index is 4.16. The molecule has 0 aliphatic heterocycles. The van der Waals surface area contributed by atoms with Gasteiger partial charge in [0.05, 0.1) is 0 Å². The molecule has 14 heavy (non-hydrogen) atoms. The van der Waals surface area contributed by atoms with E-state index >= 15 is 0 Å². The Bertz CT molecular complexity index is 303. The van der Waals surface area contributed by atoms with Crippen LogP contribution in [0.2, 0.25) is 0 Å². The highest BCUT2D eigenvalue weighted by atomic mass is 32.1. The Morgan fingerprint density at radius 1 is 1.50 bits per heavy atom. The third-order valence-corrected chi connectivity index (χ3v) is 2.85. The van der Waals surface area contributed by atoms with Gasteiger partial charge in [-0.25, -0.2) is 4.98 Å². The zero-order chi connectivity index (χ0) is 9.64. The third-order valence-electron chi connectivity index (χ3n) is 1.97. The lowest BCUT2D eigenvalue weighted by atomic mass is 10.4. The quantitative estimate of drug-likeness (QED) is 0.734. The smallest absolute Gasteiger partial charge is 0.107 e. The minimum absolute atomic E-state index is 0.957. The minimum Gasteiger partial charge on any atom is -0.349 e. The van der Waals surface area contributed by atoms with Crippen LogP contribution < -0.4 is 5.32 Å². The van der Waals surface area contributed by atoms with E-state index in [1.165, 1.54) is 4.88 Å². The highest BCUT2D eigenvalue weighted by Crippen LogP contribution is 2.07. The van der Waals surface area contributed by atoms with E-state index in [9.17, 15) is 0 Å². The second kappa shape index (κ2) is 4.93. The summed E-state index contributed by atoms with van der Waals surface area (Å²) in [6, 6.07) is 4.22. The lowest BCUT2D eigenvalue weighted by Gasteiger charge is -2.00. The second-order valence-corrected chi connectivity index (χ2v) is 4.07. The average molecular weight is 207 g/mol. The van der Waals surface area contributed by atoms with Crippen molar-refractivity contribution in [1.82, 2.24) is 15.3 Å². The molecule has 2 aromatic rings. The van der Waals surface area contributed by atoms with E-state index in [4.69, 9.17) is 0 Å². The molecule has 0 radical (unpaired) electrons. The number of nitrogens with zero attached hydrogens (tertiary/aromatic N) is 1. The lowest BCUT2D eigenvalue weighted by molar-refractivity contribution is 0.680. The first kappa shape index (κ1) is 9.43. The fourth-order valence-electron chi connectivity index (χ4n) is 1.27. The molecule has 0 aliphatic carbocycles. The molecule has 0 amide bonds. The summed E-state index contributed by atoms with van der Waals surface area (Å²) in [6.45, 7) is 1.92. The number of hydrogen-bond acceptors (Lipinski definition) is 3. The van der Waals surface area contributed by atoms with Gasteiger partial charge in [-0.05, 0) is 11.4 Å². The van der Waals surface area contributed by atoms with E-state index in [0.717, 1.165) is 25.3 Å². The standard InChI is InChI=1S/C10H13N3S/c1-2-9(14-7-1)8-11-4-3-10-12-5-6-13-10/h1-2,5-7,11H,3-4,8H2,(H,12,13). The zero-order valence-electron chi connectivity index (χ0n) is 7.86. The normalized spacial score (nSPS) is 10.6. The summed E-state index contributed by atoms with van der Waals surface area (Å²) in [5.41, 5.74) is 0. The zero-order valence-corrected chi connectivity index (χ0v) is 8.68. The number of thiophene rings is 1. The molecule has 2 aromatic heterocycles. The van der Waals surface area contributed by atoms with Crippen LogP contribution in [0.15, 0.2) is 29.9 Å². The average Bonchev–Trinajstić information content (AvgIpc) is 2.86. The molecule has 0 saturated carbocycles. The van der Waals surface area contributed by atoms with Gasteiger partial charge in [0.25, 0.3) is 0 Å². The van der Waals surface area contributed by atoms with E-state index in [-0.39, 0.29) is 0 Å². The van der Waals surface area contributed by atoms with Crippen molar-refractivity contribution in [3.05, 3.63) is 40.6 Å². The fraction of sp³-hybridized carbons (Fsp3) is 0.300. The maximum atomic E-state index is 4.16. The van der Waals surface area contributed by atoms with Gasteiger partial charge in [-0.1, -0.05) is 6.07 Å². The molecule has 0 saturated heterocycles. The summed E-state index contributed by atoms with van der Waals surface area (Å²) in [5, 5.41) is 5.48. The Hall–Kier alpha value is -1.13. The second-order valence-electron chi connectivity index (χ2n) is 3.04. The molecule has 0 bridgehead atoms. The number of H-pyrrole nitrogens is 1. The molecule has 0 unspecified atom stereocenters. The highest BCUT2D eigenvalue weighted by Gasteiger charge is 1.95. The van der Waals surface area contributed by atoms with Crippen LogP contribution in [0.1, 0.15) is 10.7 Å². The number of aromatic amines is 1. The summed E-state index contributed by atoms with van der Waals surface area (Å²) >= 11 is 1.78. The van der Waals surface area contributed by atoms with E-state index in [1.54, 1.807) is 17.5 Å². The van der Waals surface area contributed by atoms with Crippen LogP contribution in [-0.2, 0) is 13.0 Å². The van der Waals surface area contributed by atoms with E-state index in [1.807, 2.05) is 6.20 Å². The number of imidazole rings is 1. The van der Waals surface area contributed by atoms with Crippen molar-refractivity contribution >= 4 is 11.3 Å². The van der Waals surface area contributed by atoms with Crippen molar-refractivity contribution in [2.75, 3.05) is 6.54 Å². The molecule has 2 rings (SSSR count). The Morgan fingerprint density at radius 2 is 2.50 bits per heavy atom. The molecule has 0 fully saturated rings. The molecule has 0 atom stereocenters.